The van der Waals surface area contributed by atoms with Crippen molar-refractivity contribution in [3.05, 3.63) is 0 Å². The van der Waals surface area contributed by atoms with Crippen molar-refractivity contribution in [2.45, 2.75) is 65.5 Å². The second kappa shape index (κ2) is 3.99. The first-order valence-corrected chi connectivity index (χ1v) is 6.79. The van der Waals surface area contributed by atoms with E-state index in [2.05, 4.69) is 26.1 Å². The summed E-state index contributed by atoms with van der Waals surface area (Å²) in [7, 11) is 0. The van der Waals surface area contributed by atoms with Crippen LogP contribution in [0.2, 0.25) is 0 Å². The number of aliphatic hydroxyl groups is 1. The van der Waals surface area contributed by atoms with Crippen LogP contribution in [-0.4, -0.2) is 23.8 Å². The van der Waals surface area contributed by atoms with Gasteiger partial charge in [0.25, 0.3) is 0 Å². The topological polar surface area (TPSA) is 32.3 Å². The van der Waals surface area contributed by atoms with Gasteiger partial charge in [-0.1, -0.05) is 20.8 Å². The maximum atomic E-state index is 9.29. The van der Waals surface area contributed by atoms with E-state index in [0.717, 1.165) is 18.9 Å². The van der Waals surface area contributed by atoms with Crippen molar-refractivity contribution in [2.24, 2.45) is 16.7 Å². The fraction of sp³-hybridized carbons (Fsp3) is 1.00. The number of nitrogens with one attached hydrogen (secondary N) is 1. The molecule has 2 bridgehead atoms. The van der Waals surface area contributed by atoms with Crippen molar-refractivity contribution >= 4 is 0 Å². The highest BCUT2D eigenvalue weighted by atomic mass is 16.3. The summed E-state index contributed by atoms with van der Waals surface area (Å²) < 4.78 is 0. The van der Waals surface area contributed by atoms with E-state index in [1.54, 1.807) is 0 Å². The van der Waals surface area contributed by atoms with Crippen molar-refractivity contribution in [2.75, 3.05) is 6.54 Å². The highest BCUT2D eigenvalue weighted by Gasteiger charge is 2.60. The lowest BCUT2D eigenvalue weighted by atomic mass is 9.69. The number of rotatable bonds is 4. The summed E-state index contributed by atoms with van der Waals surface area (Å²) in [4.78, 5) is 0. The zero-order valence-electron chi connectivity index (χ0n) is 11.2. The molecule has 2 rings (SSSR count). The minimum Gasteiger partial charge on any atom is -0.393 e. The third-order valence-electron chi connectivity index (χ3n) is 5.75. The Bertz CT molecular complexity index is 261. The van der Waals surface area contributed by atoms with Crippen LogP contribution in [0.5, 0.6) is 0 Å². The minimum absolute atomic E-state index is 0.174. The van der Waals surface area contributed by atoms with Crippen LogP contribution in [0.4, 0.5) is 0 Å². The molecule has 2 saturated carbocycles. The maximum absolute atomic E-state index is 9.29. The first-order valence-electron chi connectivity index (χ1n) is 6.79. The number of aliphatic hydroxyl groups excluding tert-OH is 1. The molecule has 0 aromatic carbocycles. The smallest absolute Gasteiger partial charge is 0.0524 e. The van der Waals surface area contributed by atoms with Gasteiger partial charge in [0, 0.05) is 6.04 Å². The third-order valence-corrected chi connectivity index (χ3v) is 5.75. The van der Waals surface area contributed by atoms with Gasteiger partial charge in [-0.25, -0.2) is 0 Å². The van der Waals surface area contributed by atoms with Crippen LogP contribution in [0.25, 0.3) is 0 Å². The normalized spacial score (nSPS) is 42.6. The van der Waals surface area contributed by atoms with E-state index in [-0.39, 0.29) is 6.10 Å². The first-order chi connectivity index (χ1) is 7.38. The van der Waals surface area contributed by atoms with Crippen LogP contribution in [0.1, 0.15) is 53.4 Å². The molecule has 0 spiro atoms. The lowest BCUT2D eigenvalue weighted by Gasteiger charge is -2.39. The summed E-state index contributed by atoms with van der Waals surface area (Å²) in [5.74, 6) is 0.904. The van der Waals surface area contributed by atoms with Crippen molar-refractivity contribution < 1.29 is 5.11 Å². The quantitative estimate of drug-likeness (QED) is 0.770. The summed E-state index contributed by atoms with van der Waals surface area (Å²) in [5.41, 5.74) is 0.964. The van der Waals surface area contributed by atoms with Gasteiger partial charge < -0.3 is 10.4 Å². The number of fused-ring (bicyclic) bond motifs is 2. The van der Waals surface area contributed by atoms with Gasteiger partial charge in [0.05, 0.1) is 6.10 Å². The minimum atomic E-state index is -0.174. The van der Waals surface area contributed by atoms with Crippen LogP contribution in [0.15, 0.2) is 0 Å². The highest BCUT2D eigenvalue weighted by Crippen LogP contribution is 2.65. The van der Waals surface area contributed by atoms with Crippen LogP contribution in [-0.2, 0) is 0 Å². The second-order valence-corrected chi connectivity index (χ2v) is 6.75. The van der Waals surface area contributed by atoms with E-state index < -0.39 is 0 Å². The Morgan fingerprint density at radius 1 is 1.38 bits per heavy atom. The molecule has 2 nitrogen and oxygen atoms in total. The van der Waals surface area contributed by atoms with Crippen LogP contribution >= 0.6 is 0 Å². The molecule has 0 heterocycles. The fourth-order valence-corrected chi connectivity index (χ4v) is 3.98. The molecule has 0 saturated heterocycles. The molecule has 16 heavy (non-hydrogen) atoms. The molecule has 94 valence electrons. The second-order valence-electron chi connectivity index (χ2n) is 6.75. The molecule has 2 N–H and O–H groups in total. The Morgan fingerprint density at radius 2 is 2.06 bits per heavy atom. The van der Waals surface area contributed by atoms with E-state index in [1.165, 1.54) is 19.3 Å². The Morgan fingerprint density at radius 3 is 2.50 bits per heavy atom. The molecule has 0 radical (unpaired) electrons. The van der Waals surface area contributed by atoms with E-state index in [4.69, 9.17) is 0 Å². The molecule has 0 aromatic rings. The van der Waals surface area contributed by atoms with Gasteiger partial charge in [-0.05, 0) is 55.9 Å². The molecule has 4 unspecified atom stereocenters. The average molecular weight is 225 g/mol. The zero-order chi connectivity index (χ0) is 12.0. The third kappa shape index (κ3) is 1.70. The Kier molecular flexibility index (Phi) is 3.09. The monoisotopic (exact) mass is 225 g/mol. The Labute approximate surface area is 99.8 Å². The summed E-state index contributed by atoms with van der Waals surface area (Å²) in [5, 5.41) is 13.0. The molecular weight excluding hydrogens is 198 g/mol. The first kappa shape index (κ1) is 12.4. The van der Waals surface area contributed by atoms with Crippen LogP contribution < -0.4 is 5.32 Å². The zero-order valence-corrected chi connectivity index (χ0v) is 11.2. The molecule has 0 aromatic heterocycles. The summed E-state index contributed by atoms with van der Waals surface area (Å²) in [6.45, 7) is 10.2. The summed E-state index contributed by atoms with van der Waals surface area (Å²) >= 11 is 0. The van der Waals surface area contributed by atoms with Gasteiger partial charge in [0.2, 0.25) is 0 Å². The average Bonchev–Trinajstić information content (AvgIpc) is 2.49. The molecule has 2 aliphatic rings. The van der Waals surface area contributed by atoms with E-state index in [1.807, 2.05) is 6.92 Å². The van der Waals surface area contributed by atoms with Crippen LogP contribution in [0, 0.1) is 16.7 Å². The van der Waals surface area contributed by atoms with Gasteiger partial charge in [-0.3, -0.25) is 0 Å². The van der Waals surface area contributed by atoms with Crippen molar-refractivity contribution in [3.63, 3.8) is 0 Å². The van der Waals surface area contributed by atoms with E-state index in [9.17, 15) is 5.11 Å². The Hall–Kier alpha value is -0.0800. The molecule has 4 atom stereocenters. The SMILES string of the molecule is CC(O)CCNC1CC2CCC1(C)C2(C)C. The van der Waals surface area contributed by atoms with Crippen LogP contribution in [0.3, 0.4) is 0 Å². The predicted molar refractivity (Wildman–Crippen MR) is 67.3 cm³/mol. The van der Waals surface area contributed by atoms with Crippen molar-refractivity contribution in [1.82, 2.24) is 5.32 Å². The van der Waals surface area contributed by atoms with E-state index >= 15 is 0 Å². The van der Waals surface area contributed by atoms with Crippen molar-refractivity contribution in [3.8, 4) is 0 Å². The van der Waals surface area contributed by atoms with Gasteiger partial charge >= 0.3 is 0 Å². The van der Waals surface area contributed by atoms with Gasteiger partial charge in [0.1, 0.15) is 0 Å². The molecule has 2 aliphatic carbocycles. The molecule has 2 heteroatoms. The molecule has 2 fully saturated rings. The van der Waals surface area contributed by atoms with Gasteiger partial charge in [-0.2, -0.15) is 0 Å². The largest absolute Gasteiger partial charge is 0.393 e. The summed E-state index contributed by atoms with van der Waals surface area (Å²) in [6.07, 6.45) is 4.82. The number of hydrogen-bond acceptors (Lipinski definition) is 2. The lowest BCUT2D eigenvalue weighted by molar-refractivity contribution is 0.117. The predicted octanol–water partition coefficient (Wildman–Crippen LogP) is 2.56. The maximum Gasteiger partial charge on any atom is 0.0524 e. The standard InChI is InChI=1S/C14H27NO/c1-10(16)6-8-15-12-9-11-5-7-14(12,4)13(11,2)3/h10-12,15-16H,5-9H2,1-4H3. The van der Waals surface area contributed by atoms with Gasteiger partial charge in [-0.15, -0.1) is 0 Å². The fourth-order valence-electron chi connectivity index (χ4n) is 3.98. The molecule has 0 amide bonds. The summed E-state index contributed by atoms with van der Waals surface area (Å²) in [6, 6.07) is 0.667. The van der Waals surface area contributed by atoms with Crippen molar-refractivity contribution in [1.29, 1.82) is 0 Å². The Balaban J connectivity index is 1.94. The highest BCUT2D eigenvalue weighted by molar-refractivity contribution is 5.12. The lowest BCUT2D eigenvalue weighted by Crippen LogP contribution is -2.45. The van der Waals surface area contributed by atoms with Gasteiger partial charge in [0.15, 0.2) is 0 Å². The number of hydrogen-bond donors (Lipinski definition) is 2. The molecule has 0 aliphatic heterocycles. The molecular formula is C14H27NO. The van der Waals surface area contributed by atoms with E-state index in [0.29, 0.717) is 16.9 Å².